The zero-order chi connectivity index (χ0) is 17.8. The summed E-state index contributed by atoms with van der Waals surface area (Å²) >= 11 is 0. The van der Waals surface area contributed by atoms with E-state index in [1.54, 1.807) is 29.4 Å². The van der Waals surface area contributed by atoms with Gasteiger partial charge in [-0.15, -0.1) is 0 Å². The van der Waals surface area contributed by atoms with E-state index in [1.807, 2.05) is 0 Å². The predicted octanol–water partition coefficient (Wildman–Crippen LogP) is 3.75. The summed E-state index contributed by atoms with van der Waals surface area (Å²) in [6, 6.07) is 5.39. The molecule has 26 heavy (non-hydrogen) atoms. The van der Waals surface area contributed by atoms with Crippen LogP contribution in [-0.4, -0.2) is 36.6 Å². The van der Waals surface area contributed by atoms with Gasteiger partial charge in [-0.2, -0.15) is 0 Å². The van der Waals surface area contributed by atoms with E-state index < -0.39 is 0 Å². The lowest BCUT2D eigenvalue weighted by Crippen LogP contribution is -2.54. The number of ether oxygens (including phenoxy) is 1. The second kappa shape index (κ2) is 4.92. The van der Waals surface area contributed by atoms with Gasteiger partial charge >= 0.3 is 5.97 Å². The van der Waals surface area contributed by atoms with E-state index in [1.165, 1.54) is 32.1 Å². The minimum atomic E-state index is -0.0426. The number of esters is 1. The molecular formula is C23H29NO2. The number of aryl methyl sites for hydroxylation is 1. The summed E-state index contributed by atoms with van der Waals surface area (Å²) in [6.45, 7) is 5.94. The third-order valence-corrected chi connectivity index (χ3v) is 9.01. The van der Waals surface area contributed by atoms with E-state index in [0.717, 1.165) is 12.5 Å². The summed E-state index contributed by atoms with van der Waals surface area (Å²) in [5.41, 5.74) is 6.76. The van der Waals surface area contributed by atoms with Crippen molar-refractivity contribution < 1.29 is 9.53 Å². The van der Waals surface area contributed by atoms with Gasteiger partial charge in [-0.1, -0.05) is 26.0 Å². The standard InChI is InChI=1S/C23H29NO2/c1-12-11-24-18-10-16(12)15-8-6-13-4-5-14-7-9-17(21(24)22(25)26-3)23(18,2)20(15)19(13)14/h6,8,12,14,16-18,21H,4-5,7,9-11H2,1-3H3/t12-,14-,16-,17-,18-,21+,23-/m1/s1. The van der Waals surface area contributed by atoms with Crippen LogP contribution in [0.1, 0.15) is 73.6 Å². The van der Waals surface area contributed by atoms with E-state index in [2.05, 4.69) is 30.9 Å². The predicted molar refractivity (Wildman–Crippen MR) is 100 cm³/mol. The van der Waals surface area contributed by atoms with Gasteiger partial charge in [0.2, 0.25) is 0 Å². The van der Waals surface area contributed by atoms with E-state index >= 15 is 0 Å². The molecule has 0 spiro atoms. The topological polar surface area (TPSA) is 29.5 Å². The lowest BCUT2D eigenvalue weighted by Gasteiger charge is -2.52. The molecule has 138 valence electrons. The molecule has 2 saturated heterocycles. The fourth-order valence-electron chi connectivity index (χ4n) is 7.98. The van der Waals surface area contributed by atoms with Crippen LogP contribution in [-0.2, 0) is 21.4 Å². The van der Waals surface area contributed by atoms with E-state index in [4.69, 9.17) is 4.74 Å². The van der Waals surface area contributed by atoms with Crippen molar-refractivity contribution in [3.63, 3.8) is 0 Å². The molecule has 2 fully saturated rings. The van der Waals surface area contributed by atoms with E-state index in [9.17, 15) is 4.79 Å². The van der Waals surface area contributed by atoms with E-state index in [0.29, 0.717) is 23.8 Å². The van der Waals surface area contributed by atoms with Gasteiger partial charge in [0.1, 0.15) is 6.04 Å². The van der Waals surface area contributed by atoms with Crippen molar-refractivity contribution in [2.75, 3.05) is 13.7 Å². The number of benzene rings is 1. The molecule has 6 rings (SSSR count). The highest BCUT2D eigenvalue weighted by Gasteiger charge is 2.66. The summed E-state index contributed by atoms with van der Waals surface area (Å²) in [5, 5.41) is 0. The molecule has 1 aromatic carbocycles. The number of carbonyl (C=O) groups is 1. The molecule has 3 nitrogen and oxygen atoms in total. The van der Waals surface area contributed by atoms with Crippen LogP contribution in [0, 0.1) is 11.8 Å². The highest BCUT2D eigenvalue weighted by molar-refractivity contribution is 5.78. The van der Waals surface area contributed by atoms with Crippen molar-refractivity contribution in [2.24, 2.45) is 11.8 Å². The molecule has 1 aromatic rings. The number of carbonyl (C=O) groups excluding carboxylic acids is 1. The molecule has 3 aliphatic carbocycles. The highest BCUT2D eigenvalue weighted by Crippen LogP contribution is 2.64. The molecule has 0 N–H and O–H groups in total. The largest absolute Gasteiger partial charge is 0.468 e. The zero-order valence-corrected chi connectivity index (χ0v) is 16.1. The van der Waals surface area contributed by atoms with Crippen LogP contribution in [0.25, 0.3) is 0 Å². The lowest BCUT2D eigenvalue weighted by atomic mass is 9.57. The number of fused-ring (bicyclic) bond motifs is 2. The van der Waals surface area contributed by atoms with Crippen molar-refractivity contribution in [2.45, 2.75) is 75.3 Å². The third-order valence-electron chi connectivity index (χ3n) is 9.01. The first kappa shape index (κ1) is 15.7. The fourth-order valence-corrected chi connectivity index (χ4v) is 7.98. The Hall–Kier alpha value is -1.35. The lowest BCUT2D eigenvalue weighted by molar-refractivity contribution is -0.148. The van der Waals surface area contributed by atoms with Gasteiger partial charge in [-0.25, -0.2) is 0 Å². The minimum absolute atomic E-state index is 0.00559. The molecule has 7 atom stereocenters. The van der Waals surface area contributed by atoms with Crippen LogP contribution >= 0.6 is 0 Å². The highest BCUT2D eigenvalue weighted by atomic mass is 16.5. The Bertz CT molecular complexity index is 817. The van der Waals surface area contributed by atoms with Crippen LogP contribution in [0.4, 0.5) is 0 Å². The number of rotatable bonds is 1. The molecule has 3 heteroatoms. The Morgan fingerprint density at radius 3 is 2.92 bits per heavy atom. The normalized spacial score (nSPS) is 44.7. The molecule has 0 amide bonds. The van der Waals surface area contributed by atoms with Crippen LogP contribution in [0.15, 0.2) is 12.1 Å². The molecule has 0 radical (unpaired) electrons. The molecule has 2 bridgehead atoms. The van der Waals surface area contributed by atoms with Crippen molar-refractivity contribution in [3.8, 4) is 0 Å². The van der Waals surface area contributed by atoms with Gasteiger partial charge in [0, 0.05) is 18.0 Å². The maximum Gasteiger partial charge on any atom is 0.323 e. The minimum Gasteiger partial charge on any atom is -0.468 e. The SMILES string of the molecule is COC(=O)[C@@H]1[C@H]2CC[C@H]3CCc4ccc5c(c43)[C@@]2(C)[C@H]2C[C@@H]5[C@H](C)CN12. The monoisotopic (exact) mass is 351 g/mol. The number of methoxy groups -OCH3 is 1. The number of piperidine rings is 1. The summed E-state index contributed by atoms with van der Waals surface area (Å²) in [6.07, 6.45) is 6.20. The number of hydrogen-bond donors (Lipinski definition) is 0. The molecule has 0 unspecified atom stereocenters. The second-order valence-corrected chi connectivity index (χ2v) is 9.80. The molecule has 2 aliphatic heterocycles. The first-order valence-electron chi connectivity index (χ1n) is 10.6. The Balaban J connectivity index is 1.67. The van der Waals surface area contributed by atoms with Crippen molar-refractivity contribution in [1.82, 2.24) is 4.90 Å². The Kier molecular flexibility index (Phi) is 2.97. The van der Waals surface area contributed by atoms with Crippen molar-refractivity contribution in [3.05, 3.63) is 34.4 Å². The summed E-state index contributed by atoms with van der Waals surface area (Å²) in [7, 11) is 1.57. The smallest absolute Gasteiger partial charge is 0.323 e. The van der Waals surface area contributed by atoms with Crippen LogP contribution in [0.2, 0.25) is 0 Å². The number of nitrogens with zero attached hydrogens (tertiary/aromatic N) is 1. The third kappa shape index (κ3) is 1.59. The van der Waals surface area contributed by atoms with Gasteiger partial charge < -0.3 is 4.74 Å². The van der Waals surface area contributed by atoms with Gasteiger partial charge in [0.05, 0.1) is 7.11 Å². The maximum absolute atomic E-state index is 12.9. The van der Waals surface area contributed by atoms with Gasteiger partial charge in [-0.3, -0.25) is 9.69 Å². The summed E-state index contributed by atoms with van der Waals surface area (Å²) < 4.78 is 5.34. The quantitative estimate of drug-likeness (QED) is 0.722. The first-order valence-corrected chi connectivity index (χ1v) is 10.6. The summed E-state index contributed by atoms with van der Waals surface area (Å²) in [4.78, 5) is 15.5. The van der Waals surface area contributed by atoms with Crippen molar-refractivity contribution in [1.29, 1.82) is 0 Å². The van der Waals surface area contributed by atoms with Gasteiger partial charge in [-0.05, 0) is 78.0 Å². The second-order valence-electron chi connectivity index (χ2n) is 9.80. The Labute approximate surface area is 156 Å². The Morgan fingerprint density at radius 2 is 2.12 bits per heavy atom. The van der Waals surface area contributed by atoms with Crippen LogP contribution < -0.4 is 0 Å². The van der Waals surface area contributed by atoms with Crippen LogP contribution in [0.3, 0.4) is 0 Å². The maximum atomic E-state index is 12.9. The van der Waals surface area contributed by atoms with Gasteiger partial charge in [0.25, 0.3) is 0 Å². The zero-order valence-electron chi connectivity index (χ0n) is 16.1. The van der Waals surface area contributed by atoms with Crippen LogP contribution in [0.5, 0.6) is 0 Å². The number of hydrogen-bond acceptors (Lipinski definition) is 3. The average Bonchev–Trinajstić information content (AvgIpc) is 3.12. The molecule has 5 aliphatic rings. The average molecular weight is 351 g/mol. The van der Waals surface area contributed by atoms with E-state index in [-0.39, 0.29) is 17.4 Å². The molecular weight excluding hydrogens is 322 g/mol. The molecule has 0 aromatic heterocycles. The fraction of sp³-hybridized carbons (Fsp3) is 0.696. The van der Waals surface area contributed by atoms with Crippen molar-refractivity contribution >= 4 is 5.97 Å². The Morgan fingerprint density at radius 1 is 1.27 bits per heavy atom. The first-order chi connectivity index (χ1) is 12.6. The molecule has 2 heterocycles. The molecule has 0 saturated carbocycles. The summed E-state index contributed by atoms with van der Waals surface area (Å²) in [5.74, 6) is 2.41. The van der Waals surface area contributed by atoms with Gasteiger partial charge in [0.15, 0.2) is 0 Å².